The lowest BCUT2D eigenvalue weighted by molar-refractivity contribution is 0.149. The smallest absolute Gasteiger partial charge is 0.437 e. The molecule has 0 radical (unpaired) electrons. The molecular weight excluding hydrogens is 364 g/mol. The lowest BCUT2D eigenvalue weighted by Gasteiger charge is -2.36. The Hall–Kier alpha value is -3.63. The van der Waals surface area contributed by atoms with Crippen molar-refractivity contribution in [2.45, 2.75) is 6.61 Å². The van der Waals surface area contributed by atoms with Crippen LogP contribution in [-0.4, -0.2) is 60.3 Å². The van der Waals surface area contributed by atoms with Crippen molar-refractivity contribution in [2.24, 2.45) is 16.5 Å². The molecule has 3 rings (SSSR count). The maximum atomic E-state index is 11.4. The molecule has 0 bridgehead atoms. The zero-order valence-electron chi connectivity index (χ0n) is 15.5. The molecule has 148 valence electrons. The van der Waals surface area contributed by atoms with E-state index in [9.17, 15) is 4.79 Å². The van der Waals surface area contributed by atoms with Gasteiger partial charge in [0.25, 0.3) is 0 Å². The van der Waals surface area contributed by atoms with Crippen LogP contribution in [-0.2, 0) is 11.3 Å². The summed E-state index contributed by atoms with van der Waals surface area (Å²) in [5.41, 5.74) is 11.8. The fourth-order valence-corrected chi connectivity index (χ4v) is 2.77. The van der Waals surface area contributed by atoms with E-state index in [-0.39, 0.29) is 12.6 Å². The monoisotopic (exact) mass is 386 g/mol. The van der Waals surface area contributed by atoms with Crippen LogP contribution < -0.4 is 26.0 Å². The number of nitrogens with two attached hydrogens (primary N) is 2. The van der Waals surface area contributed by atoms with E-state index in [2.05, 4.69) is 29.7 Å². The number of aromatic nitrogens is 3. The zero-order chi connectivity index (χ0) is 19.9. The van der Waals surface area contributed by atoms with E-state index >= 15 is 0 Å². The lowest BCUT2D eigenvalue weighted by atomic mass is 10.2. The number of hydrogen-bond donors (Lipinski definition) is 2. The van der Waals surface area contributed by atoms with Gasteiger partial charge in [-0.3, -0.25) is 0 Å². The van der Waals surface area contributed by atoms with Crippen LogP contribution in [0.2, 0.25) is 0 Å². The van der Waals surface area contributed by atoms with Crippen LogP contribution in [0, 0.1) is 0 Å². The molecule has 1 aliphatic heterocycles. The third kappa shape index (κ3) is 4.96. The van der Waals surface area contributed by atoms with E-state index in [1.807, 2.05) is 12.1 Å². The molecule has 0 spiro atoms. The van der Waals surface area contributed by atoms with Gasteiger partial charge in [-0.2, -0.15) is 0 Å². The second-order valence-corrected chi connectivity index (χ2v) is 5.98. The normalized spacial score (nSPS) is 13.8. The fraction of sp³-hybridized carbons (Fsp3) is 0.353. The van der Waals surface area contributed by atoms with Gasteiger partial charge in [-0.15, -0.1) is 4.99 Å². The van der Waals surface area contributed by atoms with Crippen molar-refractivity contribution in [3.63, 3.8) is 0 Å². The first kappa shape index (κ1) is 19.1. The first-order valence-corrected chi connectivity index (χ1v) is 8.63. The predicted octanol–water partition coefficient (Wildman–Crippen LogP) is 0.117. The number of hydrogen-bond acceptors (Lipinski definition) is 8. The van der Waals surface area contributed by atoms with Gasteiger partial charge in [0.15, 0.2) is 5.96 Å². The summed E-state index contributed by atoms with van der Waals surface area (Å²) in [6, 6.07) is 5.92. The van der Waals surface area contributed by atoms with Crippen LogP contribution >= 0.6 is 0 Å². The quantitative estimate of drug-likeness (QED) is 0.536. The summed E-state index contributed by atoms with van der Waals surface area (Å²) in [6.07, 6.45) is 2.67. The molecule has 0 aliphatic carbocycles. The highest BCUT2D eigenvalue weighted by Gasteiger charge is 2.19. The number of rotatable bonds is 5. The Balaban J connectivity index is 1.56. The number of methoxy groups -OCH3 is 1. The molecule has 1 amide bonds. The summed E-state index contributed by atoms with van der Waals surface area (Å²) >= 11 is 0. The molecule has 0 saturated carbocycles. The lowest BCUT2D eigenvalue weighted by Crippen LogP contribution is -2.47. The SMILES string of the molecule is COc1ncc(N2CCN(c3cccc(COC(=O)N=C(N)N)n3)CC2)cn1. The third-order valence-electron chi connectivity index (χ3n) is 4.12. The predicted molar refractivity (Wildman–Crippen MR) is 103 cm³/mol. The van der Waals surface area contributed by atoms with E-state index in [0.717, 1.165) is 37.7 Å². The molecule has 0 aromatic carbocycles. The third-order valence-corrected chi connectivity index (χ3v) is 4.12. The van der Waals surface area contributed by atoms with Crippen molar-refractivity contribution in [1.29, 1.82) is 0 Å². The topological polar surface area (TPSA) is 145 Å². The van der Waals surface area contributed by atoms with Gasteiger partial charge in [0.2, 0.25) is 0 Å². The molecule has 2 aromatic rings. The first-order valence-electron chi connectivity index (χ1n) is 8.63. The highest BCUT2D eigenvalue weighted by Crippen LogP contribution is 2.19. The highest BCUT2D eigenvalue weighted by molar-refractivity contribution is 5.87. The number of carbonyl (C=O) groups excluding carboxylic acids is 1. The minimum Gasteiger partial charge on any atom is -0.467 e. The maximum absolute atomic E-state index is 11.4. The van der Waals surface area contributed by atoms with Crippen molar-refractivity contribution in [2.75, 3.05) is 43.1 Å². The summed E-state index contributed by atoms with van der Waals surface area (Å²) in [6.45, 7) is 3.18. The highest BCUT2D eigenvalue weighted by atomic mass is 16.5. The Bertz CT molecular complexity index is 831. The summed E-state index contributed by atoms with van der Waals surface area (Å²) < 4.78 is 9.96. The molecule has 1 aliphatic rings. The van der Waals surface area contributed by atoms with Crippen molar-refractivity contribution in [1.82, 2.24) is 15.0 Å². The fourth-order valence-electron chi connectivity index (χ4n) is 2.77. The Labute approximate surface area is 162 Å². The van der Waals surface area contributed by atoms with Crippen molar-refractivity contribution in [3.8, 4) is 6.01 Å². The van der Waals surface area contributed by atoms with Crippen molar-refractivity contribution >= 4 is 23.6 Å². The van der Waals surface area contributed by atoms with E-state index in [1.165, 1.54) is 7.11 Å². The molecule has 1 fully saturated rings. The minimum atomic E-state index is -0.845. The van der Waals surface area contributed by atoms with E-state index in [1.54, 1.807) is 18.5 Å². The molecule has 11 nitrogen and oxygen atoms in total. The van der Waals surface area contributed by atoms with Crippen LogP contribution in [0.5, 0.6) is 6.01 Å². The minimum absolute atomic E-state index is 0.00734. The van der Waals surface area contributed by atoms with E-state index in [0.29, 0.717) is 11.7 Å². The largest absolute Gasteiger partial charge is 0.467 e. The Kier molecular flexibility index (Phi) is 6.04. The number of ether oxygens (including phenoxy) is 2. The molecule has 0 unspecified atom stereocenters. The Morgan fingerprint density at radius 3 is 2.46 bits per heavy atom. The Morgan fingerprint density at radius 1 is 1.14 bits per heavy atom. The molecule has 11 heteroatoms. The van der Waals surface area contributed by atoms with Crippen LogP contribution in [0.25, 0.3) is 0 Å². The van der Waals surface area contributed by atoms with Crippen LogP contribution in [0.1, 0.15) is 5.69 Å². The Morgan fingerprint density at radius 2 is 1.82 bits per heavy atom. The van der Waals surface area contributed by atoms with Gasteiger partial charge in [-0.25, -0.2) is 19.7 Å². The summed E-state index contributed by atoms with van der Waals surface area (Å²) in [7, 11) is 1.54. The molecule has 2 aromatic heterocycles. The van der Waals surface area contributed by atoms with Crippen LogP contribution in [0.3, 0.4) is 0 Å². The number of carbonyl (C=O) groups is 1. The number of aliphatic imine (C=N–C) groups is 1. The van der Waals surface area contributed by atoms with Gasteiger partial charge >= 0.3 is 12.1 Å². The number of piperazine rings is 1. The van der Waals surface area contributed by atoms with Gasteiger partial charge in [-0.1, -0.05) is 6.07 Å². The standard InChI is InChI=1S/C17H22N8O3/c1-27-16-20-9-13(10-21-16)24-5-7-25(8-6-24)14-4-2-3-12(22-14)11-28-17(26)23-15(18)19/h2-4,9-10H,5-8,11H2,1H3,(H4,18,19,23,26). The van der Waals surface area contributed by atoms with Gasteiger partial charge in [0.05, 0.1) is 30.9 Å². The number of guanidine groups is 1. The number of amides is 1. The van der Waals surface area contributed by atoms with Gasteiger partial charge in [-0.05, 0) is 12.1 Å². The van der Waals surface area contributed by atoms with Gasteiger partial charge in [0, 0.05) is 26.2 Å². The zero-order valence-corrected chi connectivity index (χ0v) is 15.5. The first-order chi connectivity index (χ1) is 13.5. The molecule has 3 heterocycles. The van der Waals surface area contributed by atoms with Crippen LogP contribution in [0.4, 0.5) is 16.3 Å². The maximum Gasteiger partial charge on any atom is 0.437 e. The van der Waals surface area contributed by atoms with Crippen molar-refractivity contribution < 1.29 is 14.3 Å². The summed E-state index contributed by atoms with van der Waals surface area (Å²) in [5.74, 6) is 0.480. The summed E-state index contributed by atoms with van der Waals surface area (Å²) in [4.78, 5) is 31.9. The second-order valence-electron chi connectivity index (χ2n) is 5.98. The summed E-state index contributed by atoms with van der Waals surface area (Å²) in [5, 5.41) is 0. The number of anilines is 2. The number of pyridine rings is 1. The van der Waals surface area contributed by atoms with E-state index < -0.39 is 6.09 Å². The molecular formula is C17H22N8O3. The second kappa shape index (κ2) is 8.84. The van der Waals surface area contributed by atoms with Crippen molar-refractivity contribution in [3.05, 3.63) is 36.3 Å². The molecule has 4 N–H and O–H groups in total. The van der Waals surface area contributed by atoms with Gasteiger partial charge < -0.3 is 30.7 Å². The molecule has 1 saturated heterocycles. The van der Waals surface area contributed by atoms with Gasteiger partial charge in [0.1, 0.15) is 12.4 Å². The van der Waals surface area contributed by atoms with Crippen LogP contribution in [0.15, 0.2) is 35.6 Å². The number of nitrogens with zero attached hydrogens (tertiary/aromatic N) is 6. The van der Waals surface area contributed by atoms with E-state index in [4.69, 9.17) is 20.9 Å². The molecule has 28 heavy (non-hydrogen) atoms. The average molecular weight is 386 g/mol. The molecule has 0 atom stereocenters. The average Bonchev–Trinajstić information content (AvgIpc) is 2.72.